The van der Waals surface area contributed by atoms with Crippen molar-refractivity contribution in [3.05, 3.63) is 59.9 Å². The number of aliphatic imine (C=N–C) groups is 1. The second kappa shape index (κ2) is 9.07. The lowest BCUT2D eigenvalue weighted by Crippen LogP contribution is -2.41. The number of pyridine rings is 1. The van der Waals surface area contributed by atoms with Crippen LogP contribution in [0.5, 0.6) is 5.75 Å². The van der Waals surface area contributed by atoms with Crippen molar-refractivity contribution in [1.29, 1.82) is 0 Å². The van der Waals surface area contributed by atoms with E-state index in [2.05, 4.69) is 37.7 Å². The van der Waals surface area contributed by atoms with Gasteiger partial charge in [0.05, 0.1) is 12.6 Å². The second-order valence-electron chi connectivity index (χ2n) is 6.33. The van der Waals surface area contributed by atoms with E-state index in [0.717, 1.165) is 36.7 Å². The number of hydrogen-bond donors (Lipinski definition) is 3. The van der Waals surface area contributed by atoms with Crippen LogP contribution < -0.4 is 15.4 Å². The number of halogens is 1. The van der Waals surface area contributed by atoms with E-state index >= 15 is 0 Å². The highest BCUT2D eigenvalue weighted by Gasteiger charge is 2.21. The molecule has 1 unspecified atom stereocenters. The summed E-state index contributed by atoms with van der Waals surface area (Å²) < 4.78 is 5.73. The van der Waals surface area contributed by atoms with Gasteiger partial charge in [0.2, 0.25) is 0 Å². The number of benzene rings is 1. The fourth-order valence-corrected chi connectivity index (χ4v) is 3.39. The van der Waals surface area contributed by atoms with Gasteiger partial charge in [-0.05, 0) is 30.2 Å². The van der Waals surface area contributed by atoms with Crippen LogP contribution in [0.2, 0.25) is 0 Å². The minimum atomic E-state index is 0. The predicted molar refractivity (Wildman–Crippen MR) is 119 cm³/mol. The molecule has 3 aromatic rings. The van der Waals surface area contributed by atoms with Gasteiger partial charge < -0.3 is 20.4 Å². The summed E-state index contributed by atoms with van der Waals surface area (Å²) in [5.74, 6) is 1.77. The maximum atomic E-state index is 5.73. The largest absolute Gasteiger partial charge is 0.493 e. The molecule has 7 heteroatoms. The second-order valence-corrected chi connectivity index (χ2v) is 6.33. The molecule has 27 heavy (non-hydrogen) atoms. The van der Waals surface area contributed by atoms with Gasteiger partial charge in [0.25, 0.3) is 0 Å². The van der Waals surface area contributed by atoms with Crippen LogP contribution in [-0.4, -0.2) is 36.1 Å². The lowest BCUT2D eigenvalue weighted by molar-refractivity contribution is 0.261. The van der Waals surface area contributed by atoms with Crippen molar-refractivity contribution in [3.63, 3.8) is 0 Å². The molecule has 142 valence electrons. The summed E-state index contributed by atoms with van der Waals surface area (Å²) in [7, 11) is 1.80. The molecule has 3 N–H and O–H groups in total. The Hall–Kier alpha value is -2.29. The number of nitrogens with one attached hydrogen (secondary N) is 3. The average molecular weight is 477 g/mol. The van der Waals surface area contributed by atoms with Crippen molar-refractivity contribution in [1.82, 2.24) is 20.6 Å². The fourth-order valence-electron chi connectivity index (χ4n) is 3.39. The van der Waals surface area contributed by atoms with Crippen molar-refractivity contribution in [2.75, 3.05) is 20.2 Å². The van der Waals surface area contributed by atoms with E-state index in [1.54, 1.807) is 13.2 Å². The van der Waals surface area contributed by atoms with Gasteiger partial charge >= 0.3 is 0 Å². The molecule has 0 fully saturated rings. The third-order valence-corrected chi connectivity index (χ3v) is 4.72. The molecule has 3 heterocycles. The van der Waals surface area contributed by atoms with E-state index in [0.29, 0.717) is 6.61 Å². The minimum absolute atomic E-state index is 0. The van der Waals surface area contributed by atoms with E-state index in [-0.39, 0.29) is 30.0 Å². The number of aromatic amines is 1. The number of fused-ring (bicyclic) bond motifs is 2. The predicted octanol–water partition coefficient (Wildman–Crippen LogP) is 3.41. The van der Waals surface area contributed by atoms with Crippen LogP contribution in [0.25, 0.3) is 11.0 Å². The first-order valence-corrected chi connectivity index (χ1v) is 8.95. The molecule has 0 saturated heterocycles. The zero-order valence-electron chi connectivity index (χ0n) is 15.2. The monoisotopic (exact) mass is 477 g/mol. The third-order valence-electron chi connectivity index (χ3n) is 4.72. The number of rotatable bonds is 4. The molecule has 4 rings (SSSR count). The van der Waals surface area contributed by atoms with E-state index in [1.165, 1.54) is 16.5 Å². The number of guanidine groups is 1. The molecular formula is C20H24IN5O. The van der Waals surface area contributed by atoms with Gasteiger partial charge in [-0.1, -0.05) is 18.2 Å². The smallest absolute Gasteiger partial charge is 0.191 e. The van der Waals surface area contributed by atoms with Crippen LogP contribution in [0.3, 0.4) is 0 Å². The molecule has 0 amide bonds. The summed E-state index contributed by atoms with van der Waals surface area (Å²) in [5.41, 5.74) is 3.38. The van der Waals surface area contributed by atoms with Crippen molar-refractivity contribution in [2.24, 2.45) is 4.99 Å². The highest BCUT2D eigenvalue weighted by Crippen LogP contribution is 2.31. The van der Waals surface area contributed by atoms with Gasteiger partial charge in [-0.2, -0.15) is 0 Å². The molecule has 1 atom stereocenters. The molecule has 0 aliphatic carbocycles. The van der Waals surface area contributed by atoms with Crippen molar-refractivity contribution in [3.8, 4) is 5.75 Å². The highest BCUT2D eigenvalue weighted by atomic mass is 127. The average Bonchev–Trinajstić information content (AvgIpc) is 3.10. The van der Waals surface area contributed by atoms with Gasteiger partial charge in [0.15, 0.2) is 5.96 Å². The molecule has 0 saturated carbocycles. The number of H-pyrrole nitrogens is 1. The van der Waals surface area contributed by atoms with E-state index < -0.39 is 0 Å². The lowest BCUT2D eigenvalue weighted by Gasteiger charge is -2.28. The summed E-state index contributed by atoms with van der Waals surface area (Å²) >= 11 is 0. The van der Waals surface area contributed by atoms with Crippen LogP contribution in [0.1, 0.15) is 23.6 Å². The van der Waals surface area contributed by atoms with Gasteiger partial charge in [0.1, 0.15) is 11.4 Å². The van der Waals surface area contributed by atoms with Gasteiger partial charge in [0, 0.05) is 43.4 Å². The fraction of sp³-hybridized carbons (Fsp3) is 0.300. The van der Waals surface area contributed by atoms with Crippen molar-refractivity contribution < 1.29 is 4.74 Å². The lowest BCUT2D eigenvalue weighted by atomic mass is 10.0. The van der Waals surface area contributed by atoms with E-state index in [9.17, 15) is 0 Å². The van der Waals surface area contributed by atoms with Crippen LogP contribution >= 0.6 is 24.0 Å². The first-order chi connectivity index (χ1) is 12.8. The zero-order chi connectivity index (χ0) is 17.8. The summed E-state index contributed by atoms with van der Waals surface area (Å²) in [6.45, 7) is 1.51. The topological polar surface area (TPSA) is 74.3 Å². The summed E-state index contributed by atoms with van der Waals surface area (Å²) in [4.78, 5) is 11.9. The first kappa shape index (κ1) is 19.5. The Morgan fingerprint density at radius 2 is 2.19 bits per heavy atom. The third kappa shape index (κ3) is 4.35. The maximum Gasteiger partial charge on any atom is 0.191 e. The molecule has 0 bridgehead atoms. The van der Waals surface area contributed by atoms with Crippen LogP contribution in [0.4, 0.5) is 0 Å². The molecular weight excluding hydrogens is 453 g/mol. The summed E-state index contributed by atoms with van der Waals surface area (Å²) in [6, 6.07) is 12.5. The Kier molecular flexibility index (Phi) is 6.54. The van der Waals surface area contributed by atoms with Crippen molar-refractivity contribution >= 4 is 41.0 Å². The molecule has 1 aliphatic rings. The highest BCUT2D eigenvalue weighted by molar-refractivity contribution is 14.0. The molecule has 1 aliphatic heterocycles. The van der Waals surface area contributed by atoms with Gasteiger partial charge in [-0.3, -0.25) is 4.99 Å². The molecule has 2 aromatic heterocycles. The van der Waals surface area contributed by atoms with Crippen LogP contribution in [0, 0.1) is 0 Å². The SMILES string of the molecule is CN=C(NCCc1c[nH]c2ncccc12)NC1CCOc2ccccc21.I. The normalized spacial score (nSPS) is 16.2. The molecule has 6 nitrogen and oxygen atoms in total. The molecule has 0 radical (unpaired) electrons. The maximum absolute atomic E-state index is 5.73. The van der Waals surface area contributed by atoms with Crippen LogP contribution in [0.15, 0.2) is 53.8 Å². The standard InChI is InChI=1S/C20H23N5O.HI/c1-21-20(25-17-9-12-26-18-7-3-2-5-16(17)18)23-11-8-14-13-24-19-15(14)6-4-10-22-19;/h2-7,10,13,17H,8-9,11-12H2,1H3,(H,22,24)(H2,21,23,25);1H. The van der Waals surface area contributed by atoms with Gasteiger partial charge in [-0.15, -0.1) is 24.0 Å². The number of ether oxygens (including phenoxy) is 1. The number of para-hydroxylation sites is 1. The minimum Gasteiger partial charge on any atom is -0.493 e. The van der Waals surface area contributed by atoms with Crippen molar-refractivity contribution in [2.45, 2.75) is 18.9 Å². The number of aromatic nitrogens is 2. The Morgan fingerprint density at radius 1 is 1.30 bits per heavy atom. The quantitative estimate of drug-likeness (QED) is 0.306. The number of nitrogens with zero attached hydrogens (tertiary/aromatic N) is 2. The Bertz CT molecular complexity index is 923. The summed E-state index contributed by atoms with van der Waals surface area (Å²) in [5, 5.41) is 8.11. The summed E-state index contributed by atoms with van der Waals surface area (Å²) in [6.07, 6.45) is 5.66. The Morgan fingerprint density at radius 3 is 3.07 bits per heavy atom. The van der Waals surface area contributed by atoms with E-state index in [1.807, 2.05) is 30.5 Å². The first-order valence-electron chi connectivity index (χ1n) is 8.95. The molecule has 1 aromatic carbocycles. The van der Waals surface area contributed by atoms with E-state index in [4.69, 9.17) is 4.74 Å². The Balaban J connectivity index is 0.00000210. The van der Waals surface area contributed by atoms with Crippen LogP contribution in [-0.2, 0) is 6.42 Å². The molecule has 0 spiro atoms. The van der Waals surface area contributed by atoms with Gasteiger partial charge in [-0.25, -0.2) is 4.98 Å². The number of hydrogen-bond acceptors (Lipinski definition) is 3. The zero-order valence-corrected chi connectivity index (χ0v) is 17.6. The Labute approximate surface area is 175 Å².